The highest BCUT2D eigenvalue weighted by Gasteiger charge is 2.36. The average Bonchev–Trinajstić information content (AvgIpc) is 2.28. The van der Waals surface area contributed by atoms with E-state index >= 15 is 0 Å². The summed E-state index contributed by atoms with van der Waals surface area (Å²) in [5.41, 5.74) is -2.61. The van der Waals surface area contributed by atoms with Gasteiger partial charge in [0.15, 0.2) is 17.6 Å². The molecule has 20 heavy (non-hydrogen) atoms. The maximum atomic E-state index is 13.4. The smallest absolute Gasteiger partial charge is 0.419 e. The Balaban J connectivity index is 3.20. The lowest BCUT2D eigenvalue weighted by atomic mass is 9.97. The quantitative estimate of drug-likeness (QED) is 0.661. The van der Waals surface area contributed by atoms with Crippen molar-refractivity contribution in [3.05, 3.63) is 34.9 Å². The highest BCUT2D eigenvalue weighted by molar-refractivity contribution is 5.93. The molecule has 0 amide bonds. The summed E-state index contributed by atoms with van der Waals surface area (Å²) in [5.74, 6) is -9.80. The van der Waals surface area contributed by atoms with Gasteiger partial charge in [0, 0.05) is 0 Å². The molecule has 0 radical (unpaired) electrons. The highest BCUT2D eigenvalue weighted by Crippen LogP contribution is 2.33. The van der Waals surface area contributed by atoms with E-state index in [9.17, 15) is 31.5 Å². The van der Waals surface area contributed by atoms with Crippen LogP contribution in [0.15, 0.2) is 12.1 Å². The first-order valence-corrected chi connectivity index (χ1v) is 5.05. The van der Waals surface area contributed by atoms with Crippen molar-refractivity contribution >= 4 is 11.9 Å². The SMILES string of the molecule is O=C(O)C(Cc1ccc(C(F)(F)F)c(F)c1F)C(=O)O. The molecular weight excluding hydrogens is 291 g/mol. The Hall–Kier alpha value is -2.19. The normalized spacial score (nSPS) is 11.7. The van der Waals surface area contributed by atoms with Gasteiger partial charge in [0.05, 0.1) is 5.56 Å². The first kappa shape index (κ1) is 15.9. The average molecular weight is 298 g/mol. The lowest BCUT2D eigenvalue weighted by molar-refractivity contribution is -0.154. The van der Waals surface area contributed by atoms with Crippen molar-refractivity contribution in [2.24, 2.45) is 5.92 Å². The van der Waals surface area contributed by atoms with E-state index in [0.29, 0.717) is 6.07 Å². The summed E-state index contributed by atoms with van der Waals surface area (Å²) in [6, 6.07) is 0.745. The minimum Gasteiger partial charge on any atom is -0.481 e. The third kappa shape index (κ3) is 3.22. The van der Waals surface area contributed by atoms with Crippen molar-refractivity contribution in [3.63, 3.8) is 0 Å². The van der Waals surface area contributed by atoms with E-state index in [1.165, 1.54) is 0 Å². The number of hydrogen-bond donors (Lipinski definition) is 2. The van der Waals surface area contributed by atoms with Crippen LogP contribution in [0, 0.1) is 17.6 Å². The second-order valence-electron chi connectivity index (χ2n) is 3.83. The highest BCUT2D eigenvalue weighted by atomic mass is 19.4. The van der Waals surface area contributed by atoms with Crippen LogP contribution in [0.3, 0.4) is 0 Å². The fraction of sp³-hybridized carbons (Fsp3) is 0.273. The summed E-state index contributed by atoms with van der Waals surface area (Å²) in [6.45, 7) is 0. The number of halogens is 5. The van der Waals surface area contributed by atoms with Gasteiger partial charge in [0.1, 0.15) is 0 Å². The van der Waals surface area contributed by atoms with Crippen LogP contribution in [-0.4, -0.2) is 22.2 Å². The Bertz CT molecular complexity index is 538. The van der Waals surface area contributed by atoms with Gasteiger partial charge in [0.2, 0.25) is 0 Å². The van der Waals surface area contributed by atoms with Crippen molar-refractivity contribution in [1.82, 2.24) is 0 Å². The number of hydrogen-bond acceptors (Lipinski definition) is 2. The van der Waals surface area contributed by atoms with Crippen LogP contribution in [0.4, 0.5) is 22.0 Å². The lowest BCUT2D eigenvalue weighted by Crippen LogP contribution is -2.26. The Morgan fingerprint density at radius 1 is 1.05 bits per heavy atom. The zero-order chi connectivity index (χ0) is 15.7. The van der Waals surface area contributed by atoms with Crippen LogP contribution < -0.4 is 0 Å². The number of alkyl halides is 3. The molecule has 0 aliphatic carbocycles. The van der Waals surface area contributed by atoms with Gasteiger partial charge in [-0.3, -0.25) is 9.59 Å². The summed E-state index contributed by atoms with van der Waals surface area (Å²) in [5, 5.41) is 17.1. The Morgan fingerprint density at radius 2 is 1.55 bits per heavy atom. The molecule has 0 aliphatic heterocycles. The van der Waals surface area contributed by atoms with Gasteiger partial charge in [-0.05, 0) is 18.1 Å². The Kier molecular flexibility index (Phi) is 4.31. The molecule has 0 atom stereocenters. The van der Waals surface area contributed by atoms with E-state index in [4.69, 9.17) is 10.2 Å². The van der Waals surface area contributed by atoms with Crippen LogP contribution in [0.25, 0.3) is 0 Å². The molecular formula is C11H7F5O4. The van der Waals surface area contributed by atoms with Gasteiger partial charge in [0.25, 0.3) is 0 Å². The van der Waals surface area contributed by atoms with Crippen LogP contribution in [0.1, 0.15) is 11.1 Å². The monoisotopic (exact) mass is 298 g/mol. The van der Waals surface area contributed by atoms with E-state index in [0.717, 1.165) is 0 Å². The minimum absolute atomic E-state index is 0.231. The molecule has 0 saturated heterocycles. The maximum Gasteiger partial charge on any atom is 0.419 e. The van der Waals surface area contributed by atoms with E-state index in [-0.39, 0.29) is 6.07 Å². The molecule has 9 heteroatoms. The largest absolute Gasteiger partial charge is 0.481 e. The van der Waals surface area contributed by atoms with Gasteiger partial charge in [-0.2, -0.15) is 13.2 Å². The summed E-state index contributed by atoms with van der Waals surface area (Å²) < 4.78 is 63.5. The van der Waals surface area contributed by atoms with E-state index < -0.39 is 53.2 Å². The molecule has 2 N–H and O–H groups in total. The fourth-order valence-electron chi connectivity index (χ4n) is 1.47. The topological polar surface area (TPSA) is 74.6 Å². The van der Waals surface area contributed by atoms with Crippen LogP contribution in [0.5, 0.6) is 0 Å². The van der Waals surface area contributed by atoms with Gasteiger partial charge < -0.3 is 10.2 Å². The second-order valence-corrected chi connectivity index (χ2v) is 3.83. The predicted octanol–water partition coefficient (Wildman–Crippen LogP) is 2.31. The third-order valence-electron chi connectivity index (χ3n) is 2.49. The zero-order valence-corrected chi connectivity index (χ0v) is 9.54. The molecule has 0 heterocycles. The Morgan fingerprint density at radius 3 is 1.95 bits per heavy atom. The molecule has 0 unspecified atom stereocenters. The number of carboxylic acids is 2. The number of aliphatic carboxylic acids is 2. The van der Waals surface area contributed by atoms with E-state index in [2.05, 4.69) is 0 Å². The summed E-state index contributed by atoms with van der Waals surface area (Å²) in [4.78, 5) is 21.2. The standard InChI is InChI=1S/C11H7F5O4/c12-7-4(3-5(9(17)18)10(19)20)1-2-6(8(7)13)11(14,15)16/h1-2,5H,3H2,(H,17,18)(H,19,20). The predicted molar refractivity (Wildman–Crippen MR) is 53.8 cm³/mol. The molecule has 0 aromatic heterocycles. The van der Waals surface area contributed by atoms with Crippen molar-refractivity contribution in [2.45, 2.75) is 12.6 Å². The molecule has 0 fully saturated rings. The molecule has 4 nitrogen and oxygen atoms in total. The van der Waals surface area contributed by atoms with Crippen LogP contribution in [-0.2, 0) is 22.2 Å². The van der Waals surface area contributed by atoms with Gasteiger partial charge in [-0.1, -0.05) is 6.07 Å². The maximum absolute atomic E-state index is 13.4. The molecule has 110 valence electrons. The molecule has 0 spiro atoms. The number of rotatable bonds is 4. The van der Waals surface area contributed by atoms with Gasteiger partial charge in [-0.25, -0.2) is 8.78 Å². The van der Waals surface area contributed by atoms with Gasteiger partial charge >= 0.3 is 18.1 Å². The van der Waals surface area contributed by atoms with Gasteiger partial charge in [-0.15, -0.1) is 0 Å². The van der Waals surface area contributed by atoms with E-state index in [1.807, 2.05) is 0 Å². The summed E-state index contributed by atoms with van der Waals surface area (Å²) in [7, 11) is 0. The van der Waals surface area contributed by atoms with Crippen molar-refractivity contribution in [3.8, 4) is 0 Å². The number of benzene rings is 1. The molecule has 0 saturated carbocycles. The first-order valence-electron chi connectivity index (χ1n) is 5.05. The summed E-state index contributed by atoms with van der Waals surface area (Å²) >= 11 is 0. The number of carboxylic acid groups (broad SMARTS) is 2. The lowest BCUT2D eigenvalue weighted by Gasteiger charge is -2.12. The van der Waals surface area contributed by atoms with Crippen LogP contribution >= 0.6 is 0 Å². The van der Waals surface area contributed by atoms with Crippen LogP contribution in [0.2, 0.25) is 0 Å². The minimum atomic E-state index is -5.11. The van der Waals surface area contributed by atoms with Crippen molar-refractivity contribution in [1.29, 1.82) is 0 Å². The fourth-order valence-corrected chi connectivity index (χ4v) is 1.47. The molecule has 1 aromatic carbocycles. The zero-order valence-electron chi connectivity index (χ0n) is 9.54. The number of carbonyl (C=O) groups is 2. The van der Waals surface area contributed by atoms with Crippen molar-refractivity contribution in [2.75, 3.05) is 0 Å². The molecule has 0 bridgehead atoms. The van der Waals surface area contributed by atoms with E-state index in [1.54, 1.807) is 0 Å². The molecule has 1 rings (SSSR count). The van der Waals surface area contributed by atoms with Crippen molar-refractivity contribution < 1.29 is 41.8 Å². The summed E-state index contributed by atoms with van der Waals surface area (Å²) in [6.07, 6.45) is -6.08. The Labute approximate surface area is 108 Å². The first-order chi connectivity index (χ1) is 9.05. The second kappa shape index (κ2) is 5.43. The third-order valence-corrected chi connectivity index (χ3v) is 2.49. The molecule has 1 aromatic rings. The molecule has 0 aliphatic rings.